The molecule has 0 aromatic carbocycles. The number of aliphatic hydroxyl groups is 1. The summed E-state index contributed by atoms with van der Waals surface area (Å²) in [5.74, 6) is 8.90. The van der Waals surface area contributed by atoms with Gasteiger partial charge in [0.05, 0.1) is 0 Å². The van der Waals surface area contributed by atoms with Crippen LogP contribution in [-0.2, 0) is 14.3 Å². The summed E-state index contributed by atoms with van der Waals surface area (Å²) in [5.41, 5.74) is 3.86. The van der Waals surface area contributed by atoms with Crippen molar-refractivity contribution in [1.29, 1.82) is 0 Å². The average molecular weight is 447 g/mol. The topological polar surface area (TPSA) is 55.8 Å². The lowest BCUT2D eigenvalue weighted by atomic mass is 9.51. The van der Waals surface area contributed by atoms with Crippen LogP contribution in [0.25, 0.3) is 0 Å². The van der Waals surface area contributed by atoms with Crippen LogP contribution in [0, 0.1) is 35.0 Å². The second-order valence-electron chi connectivity index (χ2n) is 10.5. The molecule has 5 atom stereocenters. The number of carbonyl (C=O) groups excluding carboxylic acids is 1. The van der Waals surface area contributed by atoms with Gasteiger partial charge in [-0.1, -0.05) is 31.1 Å². The van der Waals surface area contributed by atoms with Crippen LogP contribution < -0.4 is 0 Å². The highest BCUT2D eigenvalue weighted by Gasteiger charge is 2.62. The van der Waals surface area contributed by atoms with Crippen molar-refractivity contribution >= 4 is 5.78 Å². The van der Waals surface area contributed by atoms with E-state index in [1.54, 1.807) is 0 Å². The van der Waals surface area contributed by atoms with E-state index in [-0.39, 0.29) is 23.9 Å². The molecule has 4 heteroatoms. The molecule has 0 bridgehead atoms. The van der Waals surface area contributed by atoms with E-state index in [1.165, 1.54) is 16.7 Å². The first-order valence-corrected chi connectivity index (χ1v) is 12.2. The van der Waals surface area contributed by atoms with Crippen molar-refractivity contribution in [2.75, 3.05) is 6.79 Å². The third-order valence-corrected chi connectivity index (χ3v) is 8.95. The zero-order valence-corrected chi connectivity index (χ0v) is 20.0. The van der Waals surface area contributed by atoms with Crippen LogP contribution >= 0.6 is 0 Å². The van der Waals surface area contributed by atoms with Gasteiger partial charge in [0.1, 0.15) is 11.4 Å². The van der Waals surface area contributed by atoms with Gasteiger partial charge in [-0.2, -0.15) is 0 Å². The number of carbonyl (C=O) groups is 1. The third kappa shape index (κ3) is 3.44. The van der Waals surface area contributed by atoms with E-state index in [9.17, 15) is 9.90 Å². The number of hydrogen-bond donors (Lipinski definition) is 1. The summed E-state index contributed by atoms with van der Waals surface area (Å²) in [6.45, 7) is 10.7. The quantitative estimate of drug-likeness (QED) is 0.458. The van der Waals surface area contributed by atoms with Crippen molar-refractivity contribution < 1.29 is 19.4 Å². The fourth-order valence-corrected chi connectivity index (χ4v) is 7.23. The van der Waals surface area contributed by atoms with Crippen molar-refractivity contribution in [3.8, 4) is 11.8 Å². The SMILES string of the molecule is C=C(/C=C\C1=C(C)OCO1)[C@H]1C[C@@]2(C)[C@@H](CC[C@@]2(O)C#CC)[C@@H]2CCC3=CC(=O)CCC3=C12. The Bertz CT molecular complexity index is 1090. The normalized spacial score (nSPS) is 37.5. The van der Waals surface area contributed by atoms with E-state index in [1.807, 2.05) is 26.0 Å². The van der Waals surface area contributed by atoms with E-state index < -0.39 is 5.60 Å². The fraction of sp³-hybridized carbons (Fsp3) is 0.552. The monoisotopic (exact) mass is 446 g/mol. The molecule has 0 amide bonds. The van der Waals surface area contributed by atoms with Crippen LogP contribution in [0.1, 0.15) is 65.7 Å². The van der Waals surface area contributed by atoms with E-state index in [0.717, 1.165) is 55.6 Å². The Labute approximate surface area is 197 Å². The molecule has 1 aliphatic heterocycles. The lowest BCUT2D eigenvalue weighted by molar-refractivity contribution is -0.114. The summed E-state index contributed by atoms with van der Waals surface area (Å²) in [5, 5.41) is 11.7. The minimum atomic E-state index is -0.967. The summed E-state index contributed by atoms with van der Waals surface area (Å²) in [4.78, 5) is 12.2. The molecule has 5 aliphatic rings. The molecule has 0 radical (unpaired) electrons. The van der Waals surface area contributed by atoms with E-state index in [2.05, 4.69) is 31.4 Å². The summed E-state index contributed by atoms with van der Waals surface area (Å²) in [7, 11) is 0. The highest BCUT2D eigenvalue weighted by atomic mass is 16.7. The van der Waals surface area contributed by atoms with Crippen molar-refractivity contribution in [2.45, 2.75) is 71.3 Å². The Morgan fingerprint density at radius 3 is 2.82 bits per heavy atom. The molecule has 0 aromatic heterocycles. The van der Waals surface area contributed by atoms with Gasteiger partial charge in [0.15, 0.2) is 11.5 Å². The summed E-state index contributed by atoms with van der Waals surface area (Å²) >= 11 is 0. The van der Waals surface area contributed by atoms with Gasteiger partial charge < -0.3 is 14.6 Å². The molecule has 1 heterocycles. The number of rotatable bonds is 3. The summed E-state index contributed by atoms with van der Waals surface area (Å²) < 4.78 is 11.0. The second-order valence-corrected chi connectivity index (χ2v) is 10.5. The van der Waals surface area contributed by atoms with E-state index in [0.29, 0.717) is 18.3 Å². The minimum Gasteiger partial charge on any atom is -0.458 e. The van der Waals surface area contributed by atoms with E-state index >= 15 is 0 Å². The van der Waals surface area contributed by atoms with Gasteiger partial charge in [-0.15, -0.1) is 5.92 Å². The van der Waals surface area contributed by atoms with Gasteiger partial charge in [0.25, 0.3) is 0 Å². The van der Waals surface area contributed by atoms with Gasteiger partial charge in [-0.25, -0.2) is 0 Å². The molecule has 2 fully saturated rings. The molecule has 0 unspecified atom stereocenters. The molecule has 0 spiro atoms. The van der Waals surface area contributed by atoms with Crippen molar-refractivity contribution in [3.05, 3.63) is 58.6 Å². The first-order valence-electron chi connectivity index (χ1n) is 12.2. The molecule has 4 nitrogen and oxygen atoms in total. The Hall–Kier alpha value is -2.51. The number of allylic oxidation sites excluding steroid dienone is 8. The summed E-state index contributed by atoms with van der Waals surface area (Å²) in [6.07, 6.45) is 11.8. The van der Waals surface area contributed by atoms with Crippen LogP contribution in [-0.4, -0.2) is 23.3 Å². The summed E-state index contributed by atoms with van der Waals surface area (Å²) in [6, 6.07) is 0. The smallest absolute Gasteiger partial charge is 0.230 e. The maximum Gasteiger partial charge on any atom is 0.230 e. The third-order valence-electron chi connectivity index (χ3n) is 8.95. The minimum absolute atomic E-state index is 0.117. The molecular weight excluding hydrogens is 412 g/mol. The van der Waals surface area contributed by atoms with E-state index in [4.69, 9.17) is 9.47 Å². The molecule has 33 heavy (non-hydrogen) atoms. The average Bonchev–Trinajstić information content (AvgIpc) is 3.31. The van der Waals surface area contributed by atoms with Crippen LogP contribution in [0.3, 0.4) is 0 Å². The predicted octanol–water partition coefficient (Wildman–Crippen LogP) is 5.52. The standard InChI is InChI=1S/C29H34O4/c1-5-13-29(31)14-12-25-23-9-7-20-15-21(30)8-10-22(20)27(23)24(16-28(25,29)4)18(2)6-11-26-19(3)32-17-33-26/h6,11,15,23-25,31H,2,7-10,12,14,16-17H2,1,3-4H3/b11-6-/t23-,24+,25-,28-,29-/m0/s1. The molecule has 4 aliphatic carbocycles. The Kier molecular flexibility index (Phi) is 5.45. The van der Waals surface area contributed by atoms with Crippen LogP contribution in [0.15, 0.2) is 58.6 Å². The molecule has 0 aromatic rings. The van der Waals surface area contributed by atoms with Crippen LogP contribution in [0.2, 0.25) is 0 Å². The lowest BCUT2D eigenvalue weighted by Gasteiger charge is -2.53. The van der Waals surface area contributed by atoms with Gasteiger partial charge in [0, 0.05) is 17.8 Å². The van der Waals surface area contributed by atoms with Gasteiger partial charge in [0.2, 0.25) is 6.79 Å². The number of ketones is 1. The largest absolute Gasteiger partial charge is 0.458 e. The molecule has 0 saturated heterocycles. The Balaban J connectivity index is 1.59. The van der Waals surface area contributed by atoms with Crippen LogP contribution in [0.4, 0.5) is 0 Å². The molecule has 1 N–H and O–H groups in total. The van der Waals surface area contributed by atoms with Crippen molar-refractivity contribution in [1.82, 2.24) is 0 Å². The molecule has 174 valence electrons. The maximum absolute atomic E-state index is 12.2. The Morgan fingerprint density at radius 2 is 2.09 bits per heavy atom. The zero-order chi connectivity index (χ0) is 23.4. The van der Waals surface area contributed by atoms with Crippen molar-refractivity contribution in [3.63, 3.8) is 0 Å². The second kappa shape index (κ2) is 8.06. The van der Waals surface area contributed by atoms with Crippen LogP contribution in [0.5, 0.6) is 0 Å². The highest BCUT2D eigenvalue weighted by molar-refractivity contribution is 5.93. The Morgan fingerprint density at radius 1 is 1.27 bits per heavy atom. The van der Waals surface area contributed by atoms with Gasteiger partial charge >= 0.3 is 0 Å². The number of hydrogen-bond acceptors (Lipinski definition) is 4. The number of ether oxygens (including phenoxy) is 2. The maximum atomic E-state index is 12.2. The zero-order valence-electron chi connectivity index (χ0n) is 20.0. The first-order chi connectivity index (χ1) is 15.8. The molecular formula is C29H34O4. The molecule has 2 saturated carbocycles. The van der Waals surface area contributed by atoms with Gasteiger partial charge in [-0.05, 0) is 93.1 Å². The molecule has 5 rings (SSSR count). The first kappa shape index (κ1) is 22.3. The number of fused-ring (bicyclic) bond motifs is 4. The lowest BCUT2D eigenvalue weighted by Crippen LogP contribution is -2.51. The van der Waals surface area contributed by atoms with Crippen molar-refractivity contribution in [2.24, 2.45) is 23.2 Å². The highest BCUT2D eigenvalue weighted by Crippen LogP contribution is 2.65. The fourth-order valence-electron chi connectivity index (χ4n) is 7.23. The predicted molar refractivity (Wildman–Crippen MR) is 127 cm³/mol. The van der Waals surface area contributed by atoms with Gasteiger partial charge in [-0.3, -0.25) is 4.79 Å².